The van der Waals surface area contributed by atoms with Crippen molar-refractivity contribution in [3.8, 4) is 0 Å². The molecular formula is C20H47O2PS. The molecule has 0 aliphatic rings. The molecule has 0 saturated carbocycles. The topological polar surface area (TPSA) is 26.3 Å². The number of ether oxygens (including phenoxy) is 1. The molecule has 24 heavy (non-hydrogen) atoms. The average molecular weight is 383 g/mol. The van der Waals surface area contributed by atoms with E-state index in [1.54, 1.807) is 46.0 Å². The molecule has 1 aromatic rings. The summed E-state index contributed by atoms with van der Waals surface area (Å²) in [6.07, 6.45) is 5.33. The minimum Gasteiger partial charge on any atom is -0.388 e. The molecule has 1 aromatic carbocycles. The van der Waals surface area contributed by atoms with Gasteiger partial charge in [-0.25, -0.2) is 0 Å². The molecule has 0 amide bonds. The lowest BCUT2D eigenvalue weighted by Gasteiger charge is -1.90. The van der Waals surface area contributed by atoms with Gasteiger partial charge in [-0.05, 0) is 46.4 Å². The van der Waals surface area contributed by atoms with Crippen LogP contribution in [0.2, 0.25) is 0 Å². The van der Waals surface area contributed by atoms with E-state index >= 15 is 0 Å². The maximum Gasteiger partial charge on any atom is 0.0790 e. The fraction of sp³-hybridized carbons (Fsp3) is 0.700. The monoisotopic (exact) mass is 382 g/mol. The van der Waals surface area contributed by atoms with Crippen molar-refractivity contribution in [1.29, 1.82) is 0 Å². The Hall–Kier alpha value is -0.240. The van der Waals surface area contributed by atoms with Gasteiger partial charge in [-0.15, -0.1) is 0 Å². The zero-order valence-corrected chi connectivity index (χ0v) is 18.4. The fourth-order valence-electron chi connectivity index (χ4n) is 0.637. The van der Waals surface area contributed by atoms with Gasteiger partial charge in [0.1, 0.15) is 0 Å². The van der Waals surface area contributed by atoms with Crippen LogP contribution in [0.4, 0.5) is 0 Å². The molecule has 2 nitrogen and oxygen atoms in total. The highest BCUT2D eigenvalue weighted by Gasteiger charge is 1.89. The molecule has 4 heteroatoms. The summed E-state index contributed by atoms with van der Waals surface area (Å²) < 4.78 is 14.5. The summed E-state index contributed by atoms with van der Waals surface area (Å²) in [6.45, 7) is 13.7. The minimum absolute atomic E-state index is 0. The number of hydrogen-bond donors (Lipinski definition) is 0. The molecule has 0 atom stereocenters. The molecule has 0 bridgehead atoms. The van der Waals surface area contributed by atoms with Crippen molar-refractivity contribution < 1.29 is 9.30 Å². The number of methoxy groups -OCH3 is 1. The number of thioether (sulfide) groups is 1. The van der Waals surface area contributed by atoms with E-state index in [0.29, 0.717) is 0 Å². The molecule has 0 aliphatic heterocycles. The van der Waals surface area contributed by atoms with Crippen molar-refractivity contribution in [3.05, 3.63) is 35.4 Å². The van der Waals surface area contributed by atoms with Crippen molar-refractivity contribution in [2.24, 2.45) is 0 Å². The van der Waals surface area contributed by atoms with Crippen LogP contribution in [0.1, 0.15) is 46.2 Å². The molecule has 0 heterocycles. The predicted molar refractivity (Wildman–Crippen MR) is 123 cm³/mol. The quantitative estimate of drug-likeness (QED) is 0.435. The average Bonchev–Trinajstić information content (AvgIpc) is 2.34. The van der Waals surface area contributed by atoms with E-state index in [0.717, 1.165) is 0 Å². The normalized spacial score (nSPS) is 7.79. The Labute approximate surface area is 159 Å². The van der Waals surface area contributed by atoms with Crippen molar-refractivity contribution in [2.45, 2.75) is 49.0 Å². The largest absolute Gasteiger partial charge is 0.388 e. The second-order valence-corrected chi connectivity index (χ2v) is 10.2. The maximum absolute atomic E-state index is 10.2. The third-order valence-electron chi connectivity index (χ3n) is 1.22. The van der Waals surface area contributed by atoms with Gasteiger partial charge in [-0.2, -0.15) is 11.8 Å². The molecule has 0 fully saturated rings. The van der Waals surface area contributed by atoms with Gasteiger partial charge in [0.2, 0.25) is 0 Å². The Morgan fingerprint density at radius 2 is 0.958 bits per heavy atom. The van der Waals surface area contributed by atoms with Gasteiger partial charge in [0.05, 0.1) is 7.14 Å². The maximum atomic E-state index is 10.2. The summed E-state index contributed by atoms with van der Waals surface area (Å²) in [4.78, 5) is 0. The van der Waals surface area contributed by atoms with E-state index in [4.69, 9.17) is 0 Å². The SMILES string of the molecule is C.C.CCC.COC.CP(C)(C)=O.CSC.Cc1ccc(C)cc1. The summed E-state index contributed by atoms with van der Waals surface area (Å²) in [7, 11) is 1.61. The van der Waals surface area contributed by atoms with Crippen molar-refractivity contribution >= 4 is 18.9 Å². The van der Waals surface area contributed by atoms with E-state index in [1.807, 2.05) is 12.5 Å². The van der Waals surface area contributed by atoms with Crippen LogP contribution >= 0.6 is 18.9 Å². The van der Waals surface area contributed by atoms with Crippen molar-refractivity contribution in [2.75, 3.05) is 46.7 Å². The Kier molecular flexibility index (Phi) is 49.8. The zero-order valence-electron chi connectivity index (χ0n) is 16.7. The van der Waals surface area contributed by atoms with Crippen LogP contribution in [-0.4, -0.2) is 46.7 Å². The summed E-state index contributed by atoms with van der Waals surface area (Å²) in [5.41, 5.74) is 2.66. The standard InChI is InChI=1S/C8H10.C3H9OP.C3H8.C2H6O.C2H6S.2CH4/c1-7-3-5-8(2)6-4-7;1-5(2,3)4;3*1-3-2;;/h3-6H,1-2H3;1-3H3;3H2,1-2H3;2*1-2H3;2*1H4. The third kappa shape index (κ3) is 98.4. The van der Waals surface area contributed by atoms with Gasteiger partial charge >= 0.3 is 0 Å². The Bertz CT molecular complexity index is 298. The molecule has 0 unspecified atom stereocenters. The molecule has 0 aromatic heterocycles. The van der Waals surface area contributed by atoms with Gasteiger partial charge in [0.25, 0.3) is 0 Å². The first-order chi connectivity index (χ1) is 10.0. The smallest absolute Gasteiger partial charge is 0.0790 e. The van der Waals surface area contributed by atoms with E-state index in [1.165, 1.54) is 17.5 Å². The van der Waals surface area contributed by atoms with Crippen molar-refractivity contribution in [1.82, 2.24) is 0 Å². The van der Waals surface area contributed by atoms with E-state index in [9.17, 15) is 4.57 Å². The van der Waals surface area contributed by atoms with Crippen LogP contribution in [0.3, 0.4) is 0 Å². The van der Waals surface area contributed by atoms with Gasteiger partial charge in [-0.3, -0.25) is 0 Å². The van der Waals surface area contributed by atoms with Gasteiger partial charge < -0.3 is 9.30 Å². The molecule has 1 rings (SSSR count). The minimum atomic E-state index is -1.64. The molecule has 0 saturated heterocycles. The number of hydrogen-bond acceptors (Lipinski definition) is 3. The fourth-order valence-corrected chi connectivity index (χ4v) is 0.637. The van der Waals surface area contributed by atoms with E-state index in [2.05, 4.69) is 56.7 Å². The number of rotatable bonds is 0. The number of aryl methyl sites for hydroxylation is 2. The highest BCUT2D eigenvalue weighted by atomic mass is 32.2. The summed E-state index contributed by atoms with van der Waals surface area (Å²) in [5.74, 6) is 0. The first kappa shape index (κ1) is 39.0. The Morgan fingerprint density at radius 3 is 1.04 bits per heavy atom. The second-order valence-electron chi connectivity index (χ2n) is 5.57. The van der Waals surface area contributed by atoms with Crippen LogP contribution in [0.25, 0.3) is 0 Å². The molecule has 150 valence electrons. The van der Waals surface area contributed by atoms with E-state index in [-0.39, 0.29) is 14.9 Å². The first-order valence-electron chi connectivity index (χ1n) is 7.39. The Balaban J connectivity index is -0.0000000448. The summed E-state index contributed by atoms with van der Waals surface area (Å²) >= 11 is 1.75. The van der Waals surface area contributed by atoms with Crippen LogP contribution < -0.4 is 0 Å². The lowest BCUT2D eigenvalue weighted by Crippen LogP contribution is -1.70. The van der Waals surface area contributed by atoms with Gasteiger partial charge in [0.15, 0.2) is 0 Å². The zero-order chi connectivity index (χ0) is 18.6. The van der Waals surface area contributed by atoms with Crippen molar-refractivity contribution in [3.63, 3.8) is 0 Å². The Morgan fingerprint density at radius 1 is 0.875 bits per heavy atom. The van der Waals surface area contributed by atoms with Crippen LogP contribution in [0.15, 0.2) is 24.3 Å². The van der Waals surface area contributed by atoms with Gasteiger partial charge in [0, 0.05) is 14.2 Å². The first-order valence-corrected chi connectivity index (χ1v) is 12.1. The van der Waals surface area contributed by atoms with Crippen LogP contribution in [-0.2, 0) is 9.30 Å². The van der Waals surface area contributed by atoms with E-state index < -0.39 is 7.14 Å². The number of benzene rings is 1. The molecule has 0 aliphatic carbocycles. The van der Waals surface area contributed by atoms with Gasteiger partial charge in [-0.1, -0.05) is 70.5 Å². The molecule has 0 spiro atoms. The molecule has 0 radical (unpaired) electrons. The highest BCUT2D eigenvalue weighted by molar-refractivity contribution is 7.97. The molecule has 0 N–H and O–H groups in total. The second kappa shape index (κ2) is 30.6. The lowest BCUT2D eigenvalue weighted by molar-refractivity contribution is 0.277. The highest BCUT2D eigenvalue weighted by Crippen LogP contribution is 2.28. The van der Waals surface area contributed by atoms with Crippen LogP contribution in [0, 0.1) is 13.8 Å². The van der Waals surface area contributed by atoms with Crippen LogP contribution in [0.5, 0.6) is 0 Å². The summed E-state index contributed by atoms with van der Waals surface area (Å²) in [5, 5.41) is 0. The lowest BCUT2D eigenvalue weighted by atomic mass is 10.2. The molecular weight excluding hydrogens is 335 g/mol. The summed E-state index contributed by atoms with van der Waals surface area (Å²) in [6, 6.07) is 8.48. The predicted octanol–water partition coefficient (Wildman–Crippen LogP) is 7.47. The third-order valence-corrected chi connectivity index (χ3v) is 1.22.